The van der Waals surface area contributed by atoms with E-state index < -0.39 is 15.9 Å². The molecule has 0 unspecified atom stereocenters. The second-order valence-corrected chi connectivity index (χ2v) is 9.92. The molecule has 3 aromatic rings. The summed E-state index contributed by atoms with van der Waals surface area (Å²) in [6.07, 6.45) is 5.98. The number of hydrogen-bond donors (Lipinski definition) is 0. The zero-order valence-electron chi connectivity index (χ0n) is 21.8. The van der Waals surface area contributed by atoms with E-state index in [0.29, 0.717) is 19.0 Å². The maximum Gasteiger partial charge on any atom is 1.00 e. The van der Waals surface area contributed by atoms with Crippen LogP contribution in [-0.2, 0) is 10.1 Å². The standard InChI is InChI=1S/C29H34O7S.Li/c1-2-24-8-10-28(11-9-24)36-29-18-16-27(17-19-29)34-21-6-4-3-5-20-33-25-12-14-26(15-13-25)35-22-7-23-37(30,31)32;/h2,8-19H,1,3-7,20-23H2,(H,30,31,32);/q;+1/p-1. The van der Waals surface area contributed by atoms with E-state index in [0.717, 1.165) is 54.2 Å². The molecule has 0 N–H and O–H groups in total. The van der Waals surface area contributed by atoms with Gasteiger partial charge in [-0.15, -0.1) is 0 Å². The Hall–Kier alpha value is -2.89. The Kier molecular flexibility index (Phi) is 13.9. The molecule has 0 fully saturated rings. The SMILES string of the molecule is C=Cc1ccc(Oc2ccc(OCCCCCCOc3ccc(OCCCS(=O)(=O)[O-])cc3)cc2)cc1.[Li+]. The van der Waals surface area contributed by atoms with Crippen molar-refractivity contribution < 1.29 is 50.8 Å². The fourth-order valence-electron chi connectivity index (χ4n) is 3.41. The van der Waals surface area contributed by atoms with Gasteiger partial charge in [0.15, 0.2) is 0 Å². The van der Waals surface area contributed by atoms with Crippen molar-refractivity contribution in [1.82, 2.24) is 0 Å². The summed E-state index contributed by atoms with van der Waals surface area (Å²) in [6, 6.07) is 22.5. The average Bonchev–Trinajstić information content (AvgIpc) is 2.90. The van der Waals surface area contributed by atoms with Crippen molar-refractivity contribution in [2.24, 2.45) is 0 Å². The van der Waals surface area contributed by atoms with Crippen LogP contribution >= 0.6 is 0 Å². The van der Waals surface area contributed by atoms with Crippen molar-refractivity contribution in [2.75, 3.05) is 25.6 Å². The Bertz CT molecular complexity index is 1180. The van der Waals surface area contributed by atoms with Gasteiger partial charge in [0, 0.05) is 5.75 Å². The third kappa shape index (κ3) is 12.6. The summed E-state index contributed by atoms with van der Waals surface area (Å²) in [5.74, 6) is 3.29. The van der Waals surface area contributed by atoms with E-state index in [9.17, 15) is 13.0 Å². The van der Waals surface area contributed by atoms with Gasteiger partial charge in [0.1, 0.15) is 28.7 Å². The Balaban J connectivity index is 0.00000507. The van der Waals surface area contributed by atoms with Gasteiger partial charge in [0.25, 0.3) is 0 Å². The molecule has 198 valence electrons. The Morgan fingerprint density at radius 2 is 0.974 bits per heavy atom. The van der Waals surface area contributed by atoms with Crippen molar-refractivity contribution in [3.8, 4) is 28.7 Å². The van der Waals surface area contributed by atoms with Crippen LogP contribution in [0.1, 0.15) is 37.7 Å². The topological polar surface area (TPSA) is 94.1 Å². The third-order valence-corrected chi connectivity index (χ3v) is 6.17. The second kappa shape index (κ2) is 16.8. The van der Waals surface area contributed by atoms with Crippen molar-refractivity contribution in [1.29, 1.82) is 0 Å². The van der Waals surface area contributed by atoms with Gasteiger partial charge in [-0.1, -0.05) is 24.8 Å². The second-order valence-electron chi connectivity index (χ2n) is 8.39. The predicted octanol–water partition coefficient (Wildman–Crippen LogP) is 3.46. The largest absolute Gasteiger partial charge is 1.00 e. The van der Waals surface area contributed by atoms with Gasteiger partial charge >= 0.3 is 18.9 Å². The molecule has 0 atom stereocenters. The maximum atomic E-state index is 10.6. The van der Waals surface area contributed by atoms with Gasteiger partial charge in [-0.2, -0.15) is 0 Å². The van der Waals surface area contributed by atoms with Crippen molar-refractivity contribution in [2.45, 2.75) is 32.1 Å². The summed E-state index contributed by atoms with van der Waals surface area (Å²) in [6.45, 7) is 5.21. The van der Waals surface area contributed by atoms with Crippen molar-refractivity contribution >= 4 is 16.2 Å². The van der Waals surface area contributed by atoms with E-state index >= 15 is 0 Å². The van der Waals surface area contributed by atoms with Crippen LogP contribution in [0.2, 0.25) is 0 Å². The summed E-state index contributed by atoms with van der Waals surface area (Å²) in [4.78, 5) is 0. The van der Waals surface area contributed by atoms with Gasteiger partial charge in [-0.25, -0.2) is 8.42 Å². The molecular formula is C29H33LiO7S. The van der Waals surface area contributed by atoms with E-state index in [1.54, 1.807) is 18.2 Å². The molecule has 0 heterocycles. The van der Waals surface area contributed by atoms with Crippen molar-refractivity contribution in [3.63, 3.8) is 0 Å². The maximum absolute atomic E-state index is 10.6. The Morgan fingerprint density at radius 3 is 1.37 bits per heavy atom. The van der Waals surface area contributed by atoms with E-state index in [1.807, 2.05) is 60.7 Å². The molecule has 0 aliphatic carbocycles. The van der Waals surface area contributed by atoms with E-state index in [4.69, 9.17) is 18.9 Å². The minimum absolute atomic E-state index is 0. The van der Waals surface area contributed by atoms with Crippen LogP contribution < -0.4 is 37.8 Å². The molecule has 0 saturated heterocycles. The van der Waals surface area contributed by atoms with Crippen LogP contribution in [0.3, 0.4) is 0 Å². The number of unbranched alkanes of at least 4 members (excludes halogenated alkanes) is 3. The quantitative estimate of drug-likeness (QED) is 0.149. The van der Waals surface area contributed by atoms with Crippen LogP contribution in [0.5, 0.6) is 28.7 Å². The van der Waals surface area contributed by atoms with E-state index in [1.165, 1.54) is 0 Å². The number of hydrogen-bond acceptors (Lipinski definition) is 7. The molecule has 0 spiro atoms. The molecule has 7 nitrogen and oxygen atoms in total. The monoisotopic (exact) mass is 532 g/mol. The smallest absolute Gasteiger partial charge is 0.748 e. The third-order valence-electron chi connectivity index (χ3n) is 5.38. The number of rotatable bonds is 17. The van der Waals surface area contributed by atoms with Crippen LogP contribution in [0.4, 0.5) is 0 Å². The number of benzene rings is 3. The summed E-state index contributed by atoms with van der Waals surface area (Å²) in [7, 11) is -4.19. The Morgan fingerprint density at radius 1 is 0.605 bits per heavy atom. The summed E-state index contributed by atoms with van der Waals surface area (Å²) >= 11 is 0. The first-order valence-electron chi connectivity index (χ1n) is 12.3. The summed E-state index contributed by atoms with van der Waals surface area (Å²) in [5.41, 5.74) is 1.05. The van der Waals surface area contributed by atoms with Gasteiger partial charge in [-0.3, -0.25) is 0 Å². The summed E-state index contributed by atoms with van der Waals surface area (Å²) in [5, 5.41) is 0. The molecule has 9 heteroatoms. The molecule has 0 bridgehead atoms. The minimum Gasteiger partial charge on any atom is -0.748 e. The first-order chi connectivity index (χ1) is 17.9. The molecule has 3 rings (SSSR count). The number of ether oxygens (including phenoxy) is 4. The predicted molar refractivity (Wildman–Crippen MR) is 144 cm³/mol. The van der Waals surface area contributed by atoms with Crippen LogP contribution in [0, 0.1) is 0 Å². The minimum atomic E-state index is -4.19. The molecule has 0 aliphatic rings. The molecule has 38 heavy (non-hydrogen) atoms. The molecule has 0 aliphatic heterocycles. The van der Waals surface area contributed by atoms with Gasteiger partial charge in [0.2, 0.25) is 0 Å². The molecule has 3 aromatic carbocycles. The van der Waals surface area contributed by atoms with Crippen LogP contribution in [-0.4, -0.2) is 38.5 Å². The van der Waals surface area contributed by atoms with Crippen LogP contribution in [0.15, 0.2) is 79.4 Å². The fourth-order valence-corrected chi connectivity index (χ4v) is 3.88. The first kappa shape index (κ1) is 31.3. The van der Waals surface area contributed by atoms with E-state index in [-0.39, 0.29) is 31.9 Å². The molecular weight excluding hydrogens is 499 g/mol. The first-order valence-corrected chi connectivity index (χ1v) is 13.9. The van der Waals surface area contributed by atoms with E-state index in [2.05, 4.69) is 6.58 Å². The average molecular weight is 533 g/mol. The molecule has 0 radical (unpaired) electrons. The molecule has 0 amide bonds. The van der Waals surface area contributed by atoms with Crippen molar-refractivity contribution in [3.05, 3.63) is 84.9 Å². The van der Waals surface area contributed by atoms with Crippen LogP contribution in [0.25, 0.3) is 6.08 Å². The fraction of sp³-hybridized carbons (Fsp3) is 0.310. The molecule has 0 saturated carbocycles. The molecule has 0 aromatic heterocycles. The van der Waals surface area contributed by atoms with Gasteiger partial charge < -0.3 is 23.5 Å². The van der Waals surface area contributed by atoms with Gasteiger partial charge in [-0.05, 0) is 98.3 Å². The Labute approximate surface area is 237 Å². The van der Waals surface area contributed by atoms with Gasteiger partial charge in [0.05, 0.1) is 29.9 Å². The normalized spacial score (nSPS) is 10.8. The zero-order valence-corrected chi connectivity index (χ0v) is 22.7. The summed E-state index contributed by atoms with van der Waals surface area (Å²) < 4.78 is 54.6. The zero-order chi connectivity index (χ0) is 26.3.